The van der Waals surface area contributed by atoms with Crippen molar-refractivity contribution in [1.82, 2.24) is 10.2 Å². The van der Waals surface area contributed by atoms with Crippen LogP contribution in [-0.2, 0) is 33.4 Å². The van der Waals surface area contributed by atoms with Crippen LogP contribution in [0.1, 0.15) is 87.5 Å². The van der Waals surface area contributed by atoms with Crippen molar-refractivity contribution in [2.24, 2.45) is 10.8 Å². The van der Waals surface area contributed by atoms with Crippen molar-refractivity contribution in [1.29, 1.82) is 0 Å². The van der Waals surface area contributed by atoms with Gasteiger partial charge in [-0.2, -0.15) is 0 Å². The number of esters is 1. The van der Waals surface area contributed by atoms with Crippen LogP contribution in [0.25, 0.3) is 0 Å². The standard InChI is InChI=1S/C27H44N2O8/c1-24(2,18-25(3,4)23(34)35)17-22(33)36-15-13-27(7,8)37-16-12-26(5,6)28-19(30)11-14-29-20(31)9-10-21(29)32/h9-10H,11-18H2,1-8H3,(H,28,30)(H,34,35). The molecule has 0 fully saturated rings. The van der Waals surface area contributed by atoms with E-state index >= 15 is 0 Å². The van der Waals surface area contributed by atoms with Crippen LogP contribution in [0, 0.1) is 10.8 Å². The number of carboxylic acid groups (broad SMARTS) is 1. The van der Waals surface area contributed by atoms with Crippen molar-refractivity contribution in [3.8, 4) is 0 Å². The van der Waals surface area contributed by atoms with Crippen molar-refractivity contribution in [2.75, 3.05) is 19.8 Å². The molecule has 0 aliphatic carbocycles. The summed E-state index contributed by atoms with van der Waals surface area (Å²) in [5.74, 6) is -2.37. The predicted molar refractivity (Wildman–Crippen MR) is 137 cm³/mol. The van der Waals surface area contributed by atoms with Crippen LogP contribution >= 0.6 is 0 Å². The second kappa shape index (κ2) is 12.7. The number of imide groups is 1. The first-order valence-electron chi connectivity index (χ1n) is 12.6. The molecular weight excluding hydrogens is 480 g/mol. The summed E-state index contributed by atoms with van der Waals surface area (Å²) in [5, 5.41) is 12.2. The Kier molecular flexibility index (Phi) is 11.1. The van der Waals surface area contributed by atoms with Gasteiger partial charge in [0.15, 0.2) is 0 Å². The number of hydrogen-bond donors (Lipinski definition) is 2. The predicted octanol–water partition coefficient (Wildman–Crippen LogP) is 3.23. The minimum Gasteiger partial charge on any atom is -0.481 e. The lowest BCUT2D eigenvalue weighted by Gasteiger charge is -2.32. The third-order valence-electron chi connectivity index (χ3n) is 6.25. The van der Waals surface area contributed by atoms with Crippen LogP contribution in [0.5, 0.6) is 0 Å². The maximum absolute atomic E-state index is 12.3. The number of carbonyl (C=O) groups is 5. The van der Waals surface area contributed by atoms with Crippen LogP contribution in [0.15, 0.2) is 12.2 Å². The molecule has 10 nitrogen and oxygen atoms in total. The molecule has 0 radical (unpaired) electrons. The number of rotatable bonds is 16. The average molecular weight is 525 g/mol. The monoisotopic (exact) mass is 524 g/mol. The average Bonchev–Trinajstić information content (AvgIpc) is 3.01. The van der Waals surface area contributed by atoms with E-state index in [2.05, 4.69) is 5.32 Å². The van der Waals surface area contributed by atoms with Gasteiger partial charge in [-0.15, -0.1) is 0 Å². The van der Waals surface area contributed by atoms with E-state index in [0.717, 1.165) is 4.90 Å². The Morgan fingerprint density at radius 3 is 2.03 bits per heavy atom. The molecule has 37 heavy (non-hydrogen) atoms. The Morgan fingerprint density at radius 2 is 1.49 bits per heavy atom. The van der Waals surface area contributed by atoms with Crippen molar-refractivity contribution in [2.45, 2.75) is 98.6 Å². The zero-order chi connectivity index (χ0) is 28.7. The molecule has 1 rings (SSSR count). The molecule has 0 atom stereocenters. The summed E-state index contributed by atoms with van der Waals surface area (Å²) in [6.07, 6.45) is 3.86. The fraction of sp³-hybridized carbons (Fsp3) is 0.741. The summed E-state index contributed by atoms with van der Waals surface area (Å²) >= 11 is 0. The van der Waals surface area contributed by atoms with Crippen LogP contribution in [0.3, 0.4) is 0 Å². The number of nitrogens with zero attached hydrogens (tertiary/aromatic N) is 1. The number of carbonyl (C=O) groups excluding carboxylic acids is 4. The summed E-state index contributed by atoms with van der Waals surface area (Å²) in [7, 11) is 0. The molecule has 0 bridgehead atoms. The molecule has 2 N–H and O–H groups in total. The van der Waals surface area contributed by atoms with E-state index in [4.69, 9.17) is 9.47 Å². The third kappa shape index (κ3) is 11.9. The first-order valence-corrected chi connectivity index (χ1v) is 12.6. The molecule has 0 saturated carbocycles. The highest BCUT2D eigenvalue weighted by Crippen LogP contribution is 2.36. The smallest absolute Gasteiger partial charge is 0.309 e. The molecule has 0 spiro atoms. The Hall–Kier alpha value is -2.75. The molecule has 1 aliphatic heterocycles. The van der Waals surface area contributed by atoms with E-state index in [1.165, 1.54) is 12.2 Å². The fourth-order valence-electron chi connectivity index (χ4n) is 4.21. The van der Waals surface area contributed by atoms with Gasteiger partial charge >= 0.3 is 11.9 Å². The quantitative estimate of drug-likeness (QED) is 0.232. The SMILES string of the molecule is CC(C)(CC(=O)OCCC(C)(C)OCCC(C)(C)NC(=O)CCN1C(=O)C=CC1=O)CC(C)(C)C(=O)O. The number of aliphatic carboxylic acids is 1. The maximum Gasteiger partial charge on any atom is 0.309 e. The lowest BCUT2D eigenvalue weighted by molar-refractivity contribution is -0.153. The van der Waals surface area contributed by atoms with Gasteiger partial charge in [-0.3, -0.25) is 28.9 Å². The summed E-state index contributed by atoms with van der Waals surface area (Å²) in [4.78, 5) is 60.2. The van der Waals surface area contributed by atoms with E-state index in [-0.39, 0.29) is 37.9 Å². The Bertz CT molecular complexity index is 884. The van der Waals surface area contributed by atoms with Crippen LogP contribution in [0.2, 0.25) is 0 Å². The van der Waals surface area contributed by atoms with E-state index < -0.39 is 39.8 Å². The lowest BCUT2D eigenvalue weighted by atomic mass is 9.73. The van der Waals surface area contributed by atoms with E-state index in [1.807, 2.05) is 41.5 Å². The topological polar surface area (TPSA) is 139 Å². The molecule has 0 aromatic heterocycles. The van der Waals surface area contributed by atoms with Gasteiger partial charge in [-0.25, -0.2) is 0 Å². The molecule has 210 valence electrons. The van der Waals surface area contributed by atoms with Gasteiger partial charge in [0.2, 0.25) is 5.91 Å². The van der Waals surface area contributed by atoms with Crippen LogP contribution < -0.4 is 5.32 Å². The van der Waals surface area contributed by atoms with Gasteiger partial charge in [0.25, 0.3) is 11.8 Å². The molecule has 0 unspecified atom stereocenters. The molecule has 10 heteroatoms. The zero-order valence-corrected chi connectivity index (χ0v) is 23.6. The van der Waals surface area contributed by atoms with Crippen molar-refractivity contribution in [3.63, 3.8) is 0 Å². The summed E-state index contributed by atoms with van der Waals surface area (Å²) < 4.78 is 11.4. The Labute approximate surface area is 220 Å². The summed E-state index contributed by atoms with van der Waals surface area (Å²) in [5.41, 5.74) is -2.58. The number of carboxylic acids is 1. The molecular formula is C27H44N2O8. The van der Waals surface area contributed by atoms with E-state index in [1.54, 1.807) is 13.8 Å². The van der Waals surface area contributed by atoms with Crippen molar-refractivity contribution >= 4 is 29.7 Å². The van der Waals surface area contributed by atoms with Gasteiger partial charge in [-0.05, 0) is 59.8 Å². The summed E-state index contributed by atoms with van der Waals surface area (Å²) in [6, 6.07) is 0. The Balaban J connectivity index is 2.36. The molecule has 3 amide bonds. The highest BCUT2D eigenvalue weighted by molar-refractivity contribution is 6.13. The van der Waals surface area contributed by atoms with Crippen LogP contribution in [-0.4, -0.2) is 70.6 Å². The highest BCUT2D eigenvalue weighted by Gasteiger charge is 2.36. The largest absolute Gasteiger partial charge is 0.481 e. The van der Waals surface area contributed by atoms with E-state index in [9.17, 15) is 29.1 Å². The number of hydrogen-bond acceptors (Lipinski definition) is 7. The number of ether oxygens (including phenoxy) is 2. The second-order valence-electron chi connectivity index (χ2n) is 12.4. The normalized spacial score (nSPS) is 14.8. The minimum absolute atomic E-state index is 0.0188. The van der Waals surface area contributed by atoms with Gasteiger partial charge < -0.3 is 19.9 Å². The molecule has 0 aromatic carbocycles. The highest BCUT2D eigenvalue weighted by atomic mass is 16.5. The first-order chi connectivity index (χ1) is 16.8. The molecule has 0 aromatic rings. The number of amides is 3. The van der Waals surface area contributed by atoms with Gasteiger partial charge in [0.05, 0.1) is 24.0 Å². The Morgan fingerprint density at radius 1 is 0.919 bits per heavy atom. The fourth-order valence-corrected chi connectivity index (χ4v) is 4.21. The van der Waals surface area contributed by atoms with Crippen molar-refractivity contribution in [3.05, 3.63) is 12.2 Å². The molecule has 1 heterocycles. The second-order valence-corrected chi connectivity index (χ2v) is 12.4. The third-order valence-corrected chi connectivity index (χ3v) is 6.25. The number of nitrogens with one attached hydrogen (secondary N) is 1. The van der Waals surface area contributed by atoms with Gasteiger partial charge in [0, 0.05) is 43.7 Å². The van der Waals surface area contributed by atoms with E-state index in [0.29, 0.717) is 25.9 Å². The van der Waals surface area contributed by atoms with Gasteiger partial charge in [-0.1, -0.05) is 13.8 Å². The zero-order valence-electron chi connectivity index (χ0n) is 23.6. The summed E-state index contributed by atoms with van der Waals surface area (Å²) in [6.45, 7) is 15.1. The lowest BCUT2D eigenvalue weighted by Crippen LogP contribution is -2.46. The van der Waals surface area contributed by atoms with Crippen LogP contribution in [0.4, 0.5) is 0 Å². The molecule has 1 aliphatic rings. The minimum atomic E-state index is -0.934. The molecule has 0 saturated heterocycles. The first kappa shape index (κ1) is 32.3. The van der Waals surface area contributed by atoms with Crippen molar-refractivity contribution < 1.29 is 38.6 Å². The maximum atomic E-state index is 12.3. The van der Waals surface area contributed by atoms with Gasteiger partial charge in [0.1, 0.15) is 0 Å².